The molecule has 0 saturated carbocycles. The number of rotatable bonds is 4. The molecule has 1 aromatic carbocycles. The molecule has 0 spiro atoms. The van der Waals surface area contributed by atoms with Gasteiger partial charge < -0.3 is 10.6 Å². The van der Waals surface area contributed by atoms with Gasteiger partial charge in [-0.1, -0.05) is 6.07 Å². The van der Waals surface area contributed by atoms with Gasteiger partial charge in [0.15, 0.2) is 0 Å². The third-order valence-corrected chi connectivity index (χ3v) is 2.70. The zero-order chi connectivity index (χ0) is 15.2. The molecule has 0 aliphatic carbocycles. The Balaban J connectivity index is 2.08. The molecule has 21 heavy (non-hydrogen) atoms. The normalized spacial score (nSPS) is 10.0. The first-order chi connectivity index (χ1) is 10.1. The van der Waals surface area contributed by atoms with Gasteiger partial charge >= 0.3 is 0 Å². The second kappa shape index (κ2) is 6.53. The smallest absolute Gasteiger partial charge is 0.274 e. The van der Waals surface area contributed by atoms with Gasteiger partial charge in [-0.25, -0.2) is 4.98 Å². The van der Waals surface area contributed by atoms with Crippen LogP contribution in [0.4, 0.5) is 11.4 Å². The fourth-order valence-corrected chi connectivity index (χ4v) is 1.81. The molecular weight excluding hydrogens is 264 g/mol. The number of aromatic nitrogens is 1. The summed E-state index contributed by atoms with van der Waals surface area (Å²) in [5.41, 5.74) is 2.27. The number of benzene rings is 1. The monoisotopic (exact) mass is 280 g/mol. The number of carbonyl (C=O) groups excluding carboxylic acids is 1. The fraction of sp³-hybridized carbons (Fsp3) is 0.188. The second-order valence-corrected chi connectivity index (χ2v) is 4.88. The lowest BCUT2D eigenvalue weighted by molar-refractivity contribution is 0.102. The third-order valence-electron chi connectivity index (χ3n) is 2.70. The number of nitrogens with zero attached hydrogens (tertiary/aromatic N) is 2. The van der Waals surface area contributed by atoms with E-state index in [1.54, 1.807) is 36.5 Å². The molecule has 5 nitrogen and oxygen atoms in total. The molecule has 2 N–H and O–H groups in total. The molecule has 5 heteroatoms. The van der Waals surface area contributed by atoms with Crippen molar-refractivity contribution in [2.75, 3.05) is 10.6 Å². The minimum absolute atomic E-state index is 0.304. The Morgan fingerprint density at radius 1 is 1.24 bits per heavy atom. The van der Waals surface area contributed by atoms with E-state index in [4.69, 9.17) is 5.26 Å². The van der Waals surface area contributed by atoms with E-state index >= 15 is 0 Å². The van der Waals surface area contributed by atoms with Gasteiger partial charge in [0.05, 0.1) is 23.5 Å². The number of nitrogens with one attached hydrogen (secondary N) is 2. The van der Waals surface area contributed by atoms with E-state index in [-0.39, 0.29) is 5.91 Å². The lowest BCUT2D eigenvalue weighted by Gasteiger charge is -2.10. The lowest BCUT2D eigenvalue weighted by Crippen LogP contribution is -2.14. The summed E-state index contributed by atoms with van der Waals surface area (Å²) in [6, 6.07) is 12.6. The summed E-state index contributed by atoms with van der Waals surface area (Å²) in [4.78, 5) is 16.2. The van der Waals surface area contributed by atoms with Crippen LogP contribution in [0.2, 0.25) is 0 Å². The molecule has 106 valence electrons. The van der Waals surface area contributed by atoms with E-state index in [2.05, 4.69) is 15.6 Å². The summed E-state index contributed by atoms with van der Waals surface area (Å²) >= 11 is 0. The molecule has 1 aromatic heterocycles. The van der Waals surface area contributed by atoms with E-state index in [9.17, 15) is 4.79 Å². The molecular formula is C16H16N4O. The molecule has 1 amide bonds. The van der Waals surface area contributed by atoms with E-state index in [0.29, 0.717) is 23.0 Å². The van der Waals surface area contributed by atoms with Gasteiger partial charge in [-0.15, -0.1) is 0 Å². The molecule has 0 aliphatic heterocycles. The second-order valence-electron chi connectivity index (χ2n) is 4.88. The van der Waals surface area contributed by atoms with Crippen molar-refractivity contribution in [3.05, 3.63) is 53.9 Å². The number of hydrogen-bond acceptors (Lipinski definition) is 4. The largest absolute Gasteiger partial charge is 0.382 e. The maximum Gasteiger partial charge on any atom is 0.274 e. The van der Waals surface area contributed by atoms with Crippen LogP contribution in [0.25, 0.3) is 0 Å². The highest BCUT2D eigenvalue weighted by atomic mass is 16.1. The predicted molar refractivity (Wildman–Crippen MR) is 82.1 cm³/mol. The molecule has 0 radical (unpaired) electrons. The van der Waals surface area contributed by atoms with E-state index in [1.807, 2.05) is 26.0 Å². The van der Waals surface area contributed by atoms with Crippen molar-refractivity contribution in [3.63, 3.8) is 0 Å². The number of hydrogen-bond donors (Lipinski definition) is 2. The van der Waals surface area contributed by atoms with E-state index in [1.165, 1.54) is 0 Å². The van der Waals surface area contributed by atoms with E-state index in [0.717, 1.165) is 5.69 Å². The maximum absolute atomic E-state index is 12.1. The van der Waals surface area contributed by atoms with Crippen molar-refractivity contribution in [2.45, 2.75) is 19.9 Å². The summed E-state index contributed by atoms with van der Waals surface area (Å²) < 4.78 is 0. The van der Waals surface area contributed by atoms with Gasteiger partial charge in [-0.3, -0.25) is 4.79 Å². The number of anilines is 2. The number of pyridine rings is 1. The Morgan fingerprint density at radius 3 is 2.67 bits per heavy atom. The highest BCUT2D eigenvalue weighted by molar-refractivity contribution is 6.03. The summed E-state index contributed by atoms with van der Waals surface area (Å²) in [5.74, 6) is -0.304. The zero-order valence-electron chi connectivity index (χ0n) is 11.9. The van der Waals surface area contributed by atoms with Crippen LogP contribution < -0.4 is 10.6 Å². The minimum Gasteiger partial charge on any atom is -0.382 e. The molecule has 1 heterocycles. The summed E-state index contributed by atoms with van der Waals surface area (Å²) in [5, 5.41) is 14.8. The van der Waals surface area contributed by atoms with Crippen molar-refractivity contribution in [1.29, 1.82) is 5.26 Å². The quantitative estimate of drug-likeness (QED) is 0.902. The van der Waals surface area contributed by atoms with E-state index < -0.39 is 0 Å². The molecule has 0 fully saturated rings. The number of amides is 1. The standard InChI is InChI=1S/C16H16N4O/c1-11(2)19-14-6-7-15(18-10-14)16(21)20-13-5-3-4-12(8-13)9-17/h3-8,10-11,19H,1-2H3,(H,20,21). The highest BCUT2D eigenvalue weighted by Gasteiger charge is 2.08. The number of nitriles is 1. The molecule has 0 atom stereocenters. The van der Waals surface area contributed by atoms with Crippen LogP contribution in [-0.2, 0) is 0 Å². The van der Waals surface area contributed by atoms with Gasteiger partial charge in [-0.2, -0.15) is 5.26 Å². The average molecular weight is 280 g/mol. The topological polar surface area (TPSA) is 77.8 Å². The van der Waals surface area contributed by atoms with Crippen LogP contribution in [0.1, 0.15) is 29.9 Å². The molecule has 2 rings (SSSR count). The van der Waals surface area contributed by atoms with Crippen LogP contribution in [-0.4, -0.2) is 16.9 Å². The third kappa shape index (κ3) is 4.05. The van der Waals surface area contributed by atoms with Crippen LogP contribution >= 0.6 is 0 Å². The van der Waals surface area contributed by atoms with Crippen LogP contribution in [0.3, 0.4) is 0 Å². The summed E-state index contributed by atoms with van der Waals surface area (Å²) in [6.45, 7) is 4.06. The first-order valence-corrected chi connectivity index (χ1v) is 6.62. The number of carbonyl (C=O) groups is 1. The van der Waals surface area contributed by atoms with Gasteiger partial charge in [0.25, 0.3) is 5.91 Å². The Kier molecular flexibility index (Phi) is 4.52. The Hall–Kier alpha value is -2.87. The van der Waals surface area contributed by atoms with Crippen molar-refractivity contribution in [3.8, 4) is 6.07 Å². The first kappa shape index (κ1) is 14.5. The van der Waals surface area contributed by atoms with Crippen LogP contribution in [0.15, 0.2) is 42.6 Å². The van der Waals surface area contributed by atoms with Crippen molar-refractivity contribution in [1.82, 2.24) is 4.98 Å². The summed E-state index contributed by atoms with van der Waals surface area (Å²) in [7, 11) is 0. The maximum atomic E-state index is 12.1. The Bertz CT molecular complexity index is 671. The van der Waals surface area contributed by atoms with Crippen molar-refractivity contribution >= 4 is 17.3 Å². The molecule has 0 unspecified atom stereocenters. The van der Waals surface area contributed by atoms with Crippen molar-refractivity contribution < 1.29 is 4.79 Å². The lowest BCUT2D eigenvalue weighted by atomic mass is 10.2. The molecule has 0 saturated heterocycles. The average Bonchev–Trinajstić information content (AvgIpc) is 2.47. The van der Waals surface area contributed by atoms with Gasteiger partial charge in [-0.05, 0) is 44.2 Å². The van der Waals surface area contributed by atoms with Gasteiger partial charge in [0.2, 0.25) is 0 Å². The molecule has 0 aliphatic rings. The summed E-state index contributed by atoms with van der Waals surface area (Å²) in [6.07, 6.45) is 1.63. The zero-order valence-corrected chi connectivity index (χ0v) is 11.9. The SMILES string of the molecule is CC(C)Nc1ccc(C(=O)Nc2cccc(C#N)c2)nc1. The Labute approximate surface area is 123 Å². The van der Waals surface area contributed by atoms with Crippen LogP contribution in [0, 0.1) is 11.3 Å². The van der Waals surface area contributed by atoms with Crippen LogP contribution in [0.5, 0.6) is 0 Å². The Morgan fingerprint density at radius 2 is 2.05 bits per heavy atom. The molecule has 2 aromatic rings. The van der Waals surface area contributed by atoms with Crippen molar-refractivity contribution in [2.24, 2.45) is 0 Å². The molecule has 0 bridgehead atoms. The highest BCUT2D eigenvalue weighted by Crippen LogP contribution is 2.12. The van der Waals surface area contributed by atoms with Gasteiger partial charge in [0.1, 0.15) is 5.69 Å². The fourth-order valence-electron chi connectivity index (χ4n) is 1.81. The van der Waals surface area contributed by atoms with Gasteiger partial charge in [0, 0.05) is 11.7 Å². The predicted octanol–water partition coefficient (Wildman–Crippen LogP) is 3.03. The minimum atomic E-state index is -0.304. The first-order valence-electron chi connectivity index (χ1n) is 6.62.